The van der Waals surface area contributed by atoms with Crippen molar-refractivity contribution in [2.24, 2.45) is 5.92 Å². The zero-order valence-electron chi connectivity index (χ0n) is 13.6. The smallest absolute Gasteiger partial charge is 0.234 e. The number of aryl methyl sites for hydroxylation is 1. The van der Waals surface area contributed by atoms with Gasteiger partial charge in [-0.05, 0) is 48.9 Å². The molecule has 1 aliphatic rings. The van der Waals surface area contributed by atoms with Crippen molar-refractivity contribution >= 4 is 5.91 Å². The first kappa shape index (κ1) is 15.8. The molecule has 3 heteroatoms. The number of carbonyl (C=O) groups is 1. The Morgan fingerprint density at radius 3 is 2.57 bits per heavy atom. The van der Waals surface area contributed by atoms with Crippen LogP contribution in [0.15, 0.2) is 48.5 Å². The number of carbonyl (C=O) groups excluding carboxylic acids is 1. The second-order valence-corrected chi connectivity index (χ2v) is 6.42. The van der Waals surface area contributed by atoms with Crippen LogP contribution >= 0.6 is 0 Å². The van der Waals surface area contributed by atoms with Crippen molar-refractivity contribution in [1.82, 2.24) is 10.6 Å². The van der Waals surface area contributed by atoms with E-state index < -0.39 is 0 Å². The van der Waals surface area contributed by atoms with Gasteiger partial charge < -0.3 is 10.6 Å². The van der Waals surface area contributed by atoms with Gasteiger partial charge in [-0.1, -0.05) is 54.1 Å². The molecule has 0 bridgehead atoms. The van der Waals surface area contributed by atoms with E-state index in [0.29, 0.717) is 13.1 Å². The quantitative estimate of drug-likeness (QED) is 0.824. The van der Waals surface area contributed by atoms with Crippen molar-refractivity contribution in [3.8, 4) is 11.1 Å². The molecule has 1 amide bonds. The minimum Gasteiger partial charge on any atom is -0.351 e. The van der Waals surface area contributed by atoms with E-state index in [0.717, 1.165) is 18.0 Å². The first-order valence-electron chi connectivity index (χ1n) is 8.34. The topological polar surface area (TPSA) is 41.1 Å². The molecule has 0 aromatic heterocycles. The molecule has 0 aliphatic heterocycles. The molecule has 0 radical (unpaired) electrons. The summed E-state index contributed by atoms with van der Waals surface area (Å²) in [5.74, 6) is 0.866. The van der Waals surface area contributed by atoms with E-state index in [1.807, 2.05) is 0 Å². The molecule has 0 atom stereocenters. The Balaban J connectivity index is 1.48. The highest BCUT2D eigenvalue weighted by Gasteiger charge is 2.20. The molecule has 0 saturated heterocycles. The van der Waals surface area contributed by atoms with Crippen molar-refractivity contribution in [1.29, 1.82) is 0 Å². The van der Waals surface area contributed by atoms with Gasteiger partial charge in [0, 0.05) is 6.54 Å². The van der Waals surface area contributed by atoms with Crippen LogP contribution in [-0.4, -0.2) is 19.0 Å². The van der Waals surface area contributed by atoms with Crippen molar-refractivity contribution < 1.29 is 4.79 Å². The van der Waals surface area contributed by atoms with Crippen molar-refractivity contribution in [3.63, 3.8) is 0 Å². The average Bonchev–Trinajstić information content (AvgIpc) is 3.38. The molecular weight excluding hydrogens is 284 g/mol. The van der Waals surface area contributed by atoms with E-state index in [4.69, 9.17) is 0 Å². The normalized spacial score (nSPS) is 13.8. The molecule has 3 rings (SSSR count). The Hall–Kier alpha value is -2.13. The molecule has 1 saturated carbocycles. The van der Waals surface area contributed by atoms with Crippen LogP contribution in [0, 0.1) is 12.8 Å². The summed E-state index contributed by atoms with van der Waals surface area (Å²) in [7, 11) is 0. The first-order valence-corrected chi connectivity index (χ1v) is 8.34. The van der Waals surface area contributed by atoms with Crippen LogP contribution in [-0.2, 0) is 11.3 Å². The van der Waals surface area contributed by atoms with E-state index in [9.17, 15) is 4.79 Å². The monoisotopic (exact) mass is 308 g/mol. The highest BCUT2D eigenvalue weighted by Crippen LogP contribution is 2.27. The van der Waals surface area contributed by atoms with E-state index in [2.05, 4.69) is 66.1 Å². The molecule has 120 valence electrons. The predicted octanol–water partition coefficient (Wildman–Crippen LogP) is 3.28. The second kappa shape index (κ2) is 7.42. The second-order valence-electron chi connectivity index (χ2n) is 6.42. The third-order valence-corrected chi connectivity index (χ3v) is 4.21. The van der Waals surface area contributed by atoms with E-state index in [1.165, 1.54) is 29.5 Å². The van der Waals surface area contributed by atoms with Gasteiger partial charge in [0.05, 0.1) is 6.54 Å². The molecule has 1 aliphatic carbocycles. The highest BCUT2D eigenvalue weighted by atomic mass is 16.1. The van der Waals surface area contributed by atoms with Gasteiger partial charge in [0.15, 0.2) is 0 Å². The minimum atomic E-state index is 0.0633. The summed E-state index contributed by atoms with van der Waals surface area (Å²) in [6.45, 7) is 4.07. The average molecular weight is 308 g/mol. The van der Waals surface area contributed by atoms with E-state index >= 15 is 0 Å². The Labute approximate surface area is 138 Å². The zero-order valence-corrected chi connectivity index (χ0v) is 13.6. The van der Waals surface area contributed by atoms with E-state index in [1.54, 1.807) is 0 Å². The molecular formula is C20H24N2O. The highest BCUT2D eigenvalue weighted by molar-refractivity contribution is 5.78. The van der Waals surface area contributed by atoms with Gasteiger partial charge in [0.1, 0.15) is 0 Å². The summed E-state index contributed by atoms with van der Waals surface area (Å²) in [5.41, 5.74) is 4.81. The lowest BCUT2D eigenvalue weighted by atomic mass is 10.0. The van der Waals surface area contributed by atoms with Gasteiger partial charge in [-0.2, -0.15) is 0 Å². The van der Waals surface area contributed by atoms with Crippen molar-refractivity contribution in [2.75, 3.05) is 13.1 Å². The Bertz CT molecular complexity index is 660. The summed E-state index contributed by atoms with van der Waals surface area (Å²) in [4.78, 5) is 11.8. The van der Waals surface area contributed by atoms with Gasteiger partial charge in [0.25, 0.3) is 0 Å². The fourth-order valence-electron chi connectivity index (χ4n) is 2.61. The Morgan fingerprint density at radius 1 is 1.09 bits per heavy atom. The molecule has 2 aromatic carbocycles. The van der Waals surface area contributed by atoms with Crippen LogP contribution in [0.25, 0.3) is 11.1 Å². The standard InChI is InChI=1S/C20H24N2O/c1-15-3-2-4-19(11-15)18-9-7-17(8-10-18)13-22-20(23)14-21-12-16-5-6-16/h2-4,7-11,16,21H,5-6,12-14H2,1H3,(H,22,23). The van der Waals surface area contributed by atoms with E-state index in [-0.39, 0.29) is 5.91 Å². The predicted molar refractivity (Wildman–Crippen MR) is 94.1 cm³/mol. The summed E-state index contributed by atoms with van der Waals surface area (Å²) >= 11 is 0. The third kappa shape index (κ3) is 4.93. The number of hydrogen-bond donors (Lipinski definition) is 2. The SMILES string of the molecule is Cc1cccc(-c2ccc(CNC(=O)CNCC3CC3)cc2)c1. The van der Waals surface area contributed by atoms with Crippen LogP contribution < -0.4 is 10.6 Å². The summed E-state index contributed by atoms with van der Waals surface area (Å²) in [6, 6.07) is 16.9. The molecule has 2 aromatic rings. The van der Waals surface area contributed by atoms with Gasteiger partial charge in [-0.3, -0.25) is 4.79 Å². The van der Waals surface area contributed by atoms with Gasteiger partial charge in [0.2, 0.25) is 5.91 Å². The molecule has 0 spiro atoms. The summed E-state index contributed by atoms with van der Waals surface area (Å²) < 4.78 is 0. The maximum absolute atomic E-state index is 11.8. The lowest BCUT2D eigenvalue weighted by Gasteiger charge is -2.08. The lowest BCUT2D eigenvalue weighted by Crippen LogP contribution is -2.34. The number of benzene rings is 2. The first-order chi connectivity index (χ1) is 11.2. The number of hydrogen-bond acceptors (Lipinski definition) is 2. The van der Waals surface area contributed by atoms with Crippen LogP contribution in [0.1, 0.15) is 24.0 Å². The Morgan fingerprint density at radius 2 is 1.87 bits per heavy atom. The maximum atomic E-state index is 11.8. The summed E-state index contributed by atoms with van der Waals surface area (Å²) in [5, 5.41) is 6.17. The molecule has 2 N–H and O–H groups in total. The number of amides is 1. The lowest BCUT2D eigenvalue weighted by molar-refractivity contribution is -0.120. The van der Waals surface area contributed by atoms with Crippen LogP contribution in [0.2, 0.25) is 0 Å². The van der Waals surface area contributed by atoms with Crippen LogP contribution in [0.3, 0.4) is 0 Å². The van der Waals surface area contributed by atoms with Gasteiger partial charge in [-0.25, -0.2) is 0 Å². The maximum Gasteiger partial charge on any atom is 0.234 e. The summed E-state index contributed by atoms with van der Waals surface area (Å²) in [6.07, 6.45) is 2.61. The number of nitrogens with one attached hydrogen (secondary N) is 2. The van der Waals surface area contributed by atoms with Crippen LogP contribution in [0.4, 0.5) is 0 Å². The zero-order chi connectivity index (χ0) is 16.1. The Kier molecular flexibility index (Phi) is 5.09. The van der Waals surface area contributed by atoms with Crippen LogP contribution in [0.5, 0.6) is 0 Å². The van der Waals surface area contributed by atoms with Gasteiger partial charge >= 0.3 is 0 Å². The largest absolute Gasteiger partial charge is 0.351 e. The molecule has 3 nitrogen and oxygen atoms in total. The third-order valence-electron chi connectivity index (χ3n) is 4.21. The fourth-order valence-corrected chi connectivity index (χ4v) is 2.61. The minimum absolute atomic E-state index is 0.0633. The van der Waals surface area contributed by atoms with Crippen molar-refractivity contribution in [2.45, 2.75) is 26.3 Å². The molecule has 23 heavy (non-hydrogen) atoms. The van der Waals surface area contributed by atoms with Crippen molar-refractivity contribution in [3.05, 3.63) is 59.7 Å². The van der Waals surface area contributed by atoms with Gasteiger partial charge in [-0.15, -0.1) is 0 Å². The molecule has 1 fully saturated rings. The molecule has 0 heterocycles. The fraction of sp³-hybridized carbons (Fsp3) is 0.350. The molecule has 0 unspecified atom stereocenters. The number of rotatable bonds is 7.